The topological polar surface area (TPSA) is 129 Å². The standard InChI is InChI=1S/C22H31FN4O3S2/c1-12(2)15-8-14(10-24)20(23)19(13(3)4)16(15)9-18(28)27-32(7,25,30)21-26-11-17(31-21)22(5,6)29/h8,11-13,29H,9H2,1-7H3,(H3,25,27,28,30). The van der Waals surface area contributed by atoms with Gasteiger partial charge in [-0.1, -0.05) is 27.7 Å². The zero-order valence-corrected chi connectivity index (χ0v) is 21.1. The molecule has 0 saturated heterocycles. The van der Waals surface area contributed by atoms with Crippen molar-refractivity contribution in [1.82, 2.24) is 9.71 Å². The van der Waals surface area contributed by atoms with Crippen molar-refractivity contribution in [3.05, 3.63) is 45.2 Å². The number of thiazole rings is 1. The number of nitrogens with two attached hydrogens (primary N) is 1. The molecular weight excluding hydrogens is 451 g/mol. The van der Waals surface area contributed by atoms with Crippen LogP contribution in [0, 0.1) is 17.1 Å². The van der Waals surface area contributed by atoms with Crippen LogP contribution in [0.4, 0.5) is 4.39 Å². The molecule has 176 valence electrons. The largest absolute Gasteiger partial charge is 0.385 e. The van der Waals surface area contributed by atoms with Gasteiger partial charge in [0.25, 0.3) is 0 Å². The highest BCUT2D eigenvalue weighted by Gasteiger charge is 2.36. The number of hydrogen-bond donors (Lipinski definition) is 3. The Hall–Kier alpha value is -2.19. The molecule has 0 fully saturated rings. The zero-order chi connectivity index (χ0) is 24.7. The minimum Gasteiger partial charge on any atom is -0.385 e. The summed E-state index contributed by atoms with van der Waals surface area (Å²) >= 11 is 0.956. The summed E-state index contributed by atoms with van der Waals surface area (Å²) in [5.74, 6) is -1.65. The first-order chi connectivity index (χ1) is 14.5. The van der Waals surface area contributed by atoms with Crippen molar-refractivity contribution in [2.75, 3.05) is 6.26 Å². The van der Waals surface area contributed by atoms with Crippen LogP contribution in [-0.2, 0) is 26.3 Å². The zero-order valence-electron chi connectivity index (χ0n) is 19.4. The second-order valence-electron chi connectivity index (χ2n) is 9.30. The fraction of sp³-hybridized carbons (Fsp3) is 0.500. The first-order valence-corrected chi connectivity index (χ1v) is 13.4. The lowest BCUT2D eigenvalue weighted by atomic mass is 9.85. The highest BCUT2D eigenvalue weighted by atomic mass is 32.3. The van der Waals surface area contributed by atoms with Gasteiger partial charge in [-0.25, -0.2) is 13.6 Å². The van der Waals surface area contributed by atoms with Crippen LogP contribution in [0.25, 0.3) is 0 Å². The second kappa shape index (κ2) is 8.63. The molecule has 0 saturated carbocycles. The molecule has 0 atom stereocenters. The van der Waals surface area contributed by atoms with E-state index in [-0.39, 0.29) is 33.7 Å². The van der Waals surface area contributed by atoms with Crippen LogP contribution in [0.15, 0.2) is 16.6 Å². The highest BCUT2D eigenvalue weighted by Crippen LogP contribution is 2.35. The molecule has 0 spiro atoms. The molecule has 2 rings (SSSR count). The number of rotatable bonds is 7. The number of carbonyl (C=O) groups is 1. The van der Waals surface area contributed by atoms with Crippen molar-refractivity contribution in [2.24, 2.45) is 5.14 Å². The number of aromatic nitrogens is 1. The van der Waals surface area contributed by atoms with Crippen molar-refractivity contribution < 1.29 is 18.5 Å². The van der Waals surface area contributed by atoms with Crippen LogP contribution in [0.3, 0.4) is 0 Å². The predicted octanol–water partition coefficient (Wildman–Crippen LogP) is 3.58. The molecule has 1 heterocycles. The van der Waals surface area contributed by atoms with Crippen LogP contribution >= 0.6 is 11.3 Å². The summed E-state index contributed by atoms with van der Waals surface area (Å²) in [6.45, 7) is 10.5. The summed E-state index contributed by atoms with van der Waals surface area (Å²) in [5.41, 5.74) is 0.159. The molecule has 0 unspecified atom stereocenters. The normalized spacial score (nSPS) is 13.7. The van der Waals surface area contributed by atoms with Gasteiger partial charge < -0.3 is 5.11 Å². The first kappa shape index (κ1) is 26.1. The number of carbonyl (C=O) groups excluding carboxylic acids is 1. The second-order valence-corrected chi connectivity index (χ2v) is 14.0. The first-order valence-electron chi connectivity index (χ1n) is 10.2. The van der Waals surface area contributed by atoms with E-state index in [9.17, 15) is 19.4 Å². The van der Waals surface area contributed by atoms with Gasteiger partial charge in [0, 0.05) is 12.5 Å². The average molecular weight is 483 g/mol. The van der Waals surface area contributed by atoms with E-state index in [0.717, 1.165) is 11.3 Å². The van der Waals surface area contributed by atoms with E-state index in [4.69, 9.17) is 5.14 Å². The third-order valence-corrected chi connectivity index (χ3v) is 9.30. The van der Waals surface area contributed by atoms with Gasteiger partial charge in [-0.05, 0) is 48.4 Å². The Labute approximate surface area is 192 Å². The molecule has 7 nitrogen and oxygen atoms in total. The van der Waals surface area contributed by atoms with Gasteiger partial charge in [-0.15, -0.1) is 11.3 Å². The Morgan fingerprint density at radius 1 is 1.38 bits per heavy atom. The van der Waals surface area contributed by atoms with Gasteiger partial charge in [0.2, 0.25) is 5.91 Å². The van der Waals surface area contributed by atoms with E-state index in [1.165, 1.54) is 18.5 Å². The van der Waals surface area contributed by atoms with Crippen molar-refractivity contribution >= 4 is 26.7 Å². The number of nitriles is 1. The Bertz CT molecular complexity index is 1150. The molecule has 1 amide bonds. The number of benzene rings is 1. The smallest absolute Gasteiger partial charge is 0.235 e. The van der Waals surface area contributed by atoms with Gasteiger partial charge in [-0.3, -0.25) is 14.7 Å². The molecule has 32 heavy (non-hydrogen) atoms. The SMILES string of the molecule is CC(C)c1cc(C#N)c(F)c(C(C)C)c1CC(=O)NS(C)(N)(=O)c1ncc(C(C)(C)O)s1. The Balaban J connectivity index is 2.49. The van der Waals surface area contributed by atoms with E-state index in [1.807, 2.05) is 19.9 Å². The lowest BCUT2D eigenvalue weighted by Gasteiger charge is -2.33. The van der Waals surface area contributed by atoms with Crippen LogP contribution in [0.5, 0.6) is 0 Å². The lowest BCUT2D eigenvalue weighted by Crippen LogP contribution is -2.56. The molecule has 0 aliphatic heterocycles. The van der Waals surface area contributed by atoms with E-state index < -0.39 is 26.8 Å². The summed E-state index contributed by atoms with van der Waals surface area (Å²) in [4.78, 5) is 17.5. The quantitative estimate of drug-likeness (QED) is 0.555. The monoisotopic (exact) mass is 482 g/mol. The van der Waals surface area contributed by atoms with Crippen molar-refractivity contribution in [2.45, 2.75) is 69.7 Å². The van der Waals surface area contributed by atoms with Gasteiger partial charge in [0.1, 0.15) is 11.9 Å². The van der Waals surface area contributed by atoms with Gasteiger partial charge in [0.15, 0.2) is 4.34 Å². The fourth-order valence-electron chi connectivity index (χ4n) is 3.43. The molecule has 0 aliphatic carbocycles. The lowest BCUT2D eigenvalue weighted by molar-refractivity contribution is -0.118. The maximum Gasteiger partial charge on any atom is 0.235 e. The molecule has 2 aromatic rings. The Kier molecular flexibility index (Phi) is 7.03. The van der Waals surface area contributed by atoms with Crippen LogP contribution in [0.2, 0.25) is 0 Å². The molecule has 0 bridgehead atoms. The minimum atomic E-state index is -4.37. The van der Waals surface area contributed by atoms with Gasteiger partial charge >= 0.3 is 0 Å². The van der Waals surface area contributed by atoms with Crippen molar-refractivity contribution in [3.63, 3.8) is 0 Å². The van der Waals surface area contributed by atoms with Crippen LogP contribution in [-0.4, -0.2) is 26.5 Å². The van der Waals surface area contributed by atoms with Crippen LogP contribution < -0.4 is 9.86 Å². The number of amides is 1. The summed E-state index contributed by atoms with van der Waals surface area (Å²) in [6.07, 6.45) is 2.32. The summed E-state index contributed by atoms with van der Waals surface area (Å²) in [6, 6.07) is 3.35. The summed E-state index contributed by atoms with van der Waals surface area (Å²) in [7, 11) is -4.37. The molecule has 0 radical (unpaired) electrons. The van der Waals surface area contributed by atoms with E-state index in [0.29, 0.717) is 16.0 Å². The van der Waals surface area contributed by atoms with Gasteiger partial charge in [0.05, 0.1) is 31.9 Å². The summed E-state index contributed by atoms with van der Waals surface area (Å²) < 4.78 is 30.9. The fourth-order valence-corrected chi connectivity index (χ4v) is 6.35. The molecule has 1 aromatic heterocycles. The van der Waals surface area contributed by atoms with E-state index in [2.05, 4.69) is 9.71 Å². The Morgan fingerprint density at radius 2 is 1.97 bits per heavy atom. The number of aliphatic hydroxyl groups is 1. The molecule has 0 aliphatic rings. The number of halogens is 1. The molecule has 1 aromatic carbocycles. The van der Waals surface area contributed by atoms with Crippen LogP contribution in [0.1, 0.15) is 80.5 Å². The maximum atomic E-state index is 15.0. The van der Waals surface area contributed by atoms with Crippen molar-refractivity contribution in [1.29, 1.82) is 5.26 Å². The number of nitrogens with zero attached hydrogens (tertiary/aromatic N) is 2. The third-order valence-electron chi connectivity index (χ3n) is 4.99. The number of nitrogens with one attached hydrogen (secondary N) is 1. The molecular formula is C22H31FN4O3S2. The predicted molar refractivity (Wildman–Crippen MR) is 125 cm³/mol. The number of hydrogen-bond acceptors (Lipinski definition) is 6. The third kappa shape index (κ3) is 5.41. The molecule has 10 heteroatoms. The summed E-state index contributed by atoms with van der Waals surface area (Å²) in [5, 5.41) is 25.6. The maximum absolute atomic E-state index is 15.0. The molecule has 4 N–H and O–H groups in total. The minimum absolute atomic E-state index is 0.00773. The highest BCUT2D eigenvalue weighted by molar-refractivity contribution is 8.17. The van der Waals surface area contributed by atoms with E-state index in [1.54, 1.807) is 27.7 Å². The average Bonchev–Trinajstić information content (AvgIpc) is 3.12. The van der Waals surface area contributed by atoms with Gasteiger partial charge in [-0.2, -0.15) is 5.26 Å². The van der Waals surface area contributed by atoms with E-state index >= 15 is 4.39 Å². The Morgan fingerprint density at radius 3 is 2.41 bits per heavy atom. The van der Waals surface area contributed by atoms with Crippen molar-refractivity contribution in [3.8, 4) is 6.07 Å².